The second-order valence-corrected chi connectivity index (χ2v) is 7.35. The lowest BCUT2D eigenvalue weighted by molar-refractivity contribution is 0.146. The predicted octanol–water partition coefficient (Wildman–Crippen LogP) is 6.05. The number of aryl methyl sites for hydroxylation is 2. The second-order valence-electron chi connectivity index (χ2n) is 7.35. The largest absolute Gasteiger partial charge is 0.465 e. The number of nitrogens with zero attached hydrogens (tertiary/aromatic N) is 1. The van der Waals surface area contributed by atoms with E-state index in [1.807, 2.05) is 0 Å². The van der Waals surface area contributed by atoms with E-state index in [0.717, 1.165) is 36.8 Å². The molecule has 3 rings (SSSR count). The zero-order valence-corrected chi connectivity index (χ0v) is 16.1. The van der Waals surface area contributed by atoms with Crippen LogP contribution in [0.25, 0.3) is 11.1 Å². The number of benzene rings is 2. The van der Waals surface area contributed by atoms with E-state index in [1.165, 1.54) is 40.0 Å². The van der Waals surface area contributed by atoms with Crippen LogP contribution in [-0.2, 0) is 12.8 Å². The Labute approximate surface area is 156 Å². The standard InChI is InChI=1S/C23H29NO2/c1-4-6-8-16-11-13-19-20(14-16)18-12-10-17(9-7-5-2)15-21(18)22(19)24(3)23(25)26/h10-15,22H,4-9H2,1-3H3,(H,25,26). The van der Waals surface area contributed by atoms with E-state index < -0.39 is 6.09 Å². The molecule has 0 spiro atoms. The van der Waals surface area contributed by atoms with Gasteiger partial charge in [0.1, 0.15) is 0 Å². The molecule has 0 bridgehead atoms. The summed E-state index contributed by atoms with van der Waals surface area (Å²) in [4.78, 5) is 13.1. The van der Waals surface area contributed by atoms with Crippen LogP contribution in [0.4, 0.5) is 4.79 Å². The molecule has 1 amide bonds. The highest BCUT2D eigenvalue weighted by Crippen LogP contribution is 2.47. The minimum absolute atomic E-state index is 0.209. The second kappa shape index (κ2) is 7.94. The number of hydrogen-bond donors (Lipinski definition) is 1. The minimum Gasteiger partial charge on any atom is -0.465 e. The van der Waals surface area contributed by atoms with Gasteiger partial charge in [0, 0.05) is 7.05 Å². The first-order chi connectivity index (χ1) is 12.6. The molecule has 0 aliphatic heterocycles. The van der Waals surface area contributed by atoms with Gasteiger partial charge in [0.25, 0.3) is 0 Å². The van der Waals surface area contributed by atoms with Crippen LogP contribution >= 0.6 is 0 Å². The number of unbranched alkanes of at least 4 members (excludes halogenated alkanes) is 2. The third-order valence-electron chi connectivity index (χ3n) is 5.44. The predicted molar refractivity (Wildman–Crippen MR) is 107 cm³/mol. The van der Waals surface area contributed by atoms with Gasteiger partial charge in [-0.1, -0.05) is 63.1 Å². The molecular weight excluding hydrogens is 322 g/mol. The van der Waals surface area contributed by atoms with Crippen molar-refractivity contribution >= 4 is 6.09 Å². The zero-order valence-electron chi connectivity index (χ0n) is 16.1. The van der Waals surface area contributed by atoms with E-state index >= 15 is 0 Å². The molecule has 1 N–H and O–H groups in total. The third kappa shape index (κ3) is 3.48. The van der Waals surface area contributed by atoms with Gasteiger partial charge in [-0.05, 0) is 59.1 Å². The fourth-order valence-electron chi connectivity index (χ4n) is 3.93. The van der Waals surface area contributed by atoms with Crippen molar-refractivity contribution in [3.8, 4) is 11.1 Å². The molecule has 2 aromatic rings. The first-order valence-corrected chi connectivity index (χ1v) is 9.78. The van der Waals surface area contributed by atoms with Crippen molar-refractivity contribution in [1.82, 2.24) is 4.90 Å². The van der Waals surface area contributed by atoms with Crippen LogP contribution < -0.4 is 0 Å². The average molecular weight is 351 g/mol. The molecule has 0 aromatic heterocycles. The van der Waals surface area contributed by atoms with Crippen molar-refractivity contribution < 1.29 is 9.90 Å². The summed E-state index contributed by atoms with van der Waals surface area (Å²) in [5.74, 6) is 0. The summed E-state index contributed by atoms with van der Waals surface area (Å²) in [7, 11) is 1.68. The molecule has 3 nitrogen and oxygen atoms in total. The Morgan fingerprint density at radius 1 is 0.923 bits per heavy atom. The van der Waals surface area contributed by atoms with Crippen molar-refractivity contribution in [3.63, 3.8) is 0 Å². The molecule has 2 aromatic carbocycles. The van der Waals surface area contributed by atoms with Crippen LogP contribution in [0.1, 0.15) is 67.8 Å². The van der Waals surface area contributed by atoms with Gasteiger partial charge in [0.15, 0.2) is 0 Å². The molecule has 1 atom stereocenters. The molecule has 0 saturated carbocycles. The Hall–Kier alpha value is -2.29. The number of amides is 1. The van der Waals surface area contributed by atoms with Gasteiger partial charge in [0.05, 0.1) is 6.04 Å². The van der Waals surface area contributed by atoms with Gasteiger partial charge in [-0.2, -0.15) is 0 Å². The minimum atomic E-state index is -0.886. The maximum Gasteiger partial charge on any atom is 0.407 e. The van der Waals surface area contributed by atoms with E-state index in [-0.39, 0.29) is 6.04 Å². The number of fused-ring (bicyclic) bond motifs is 3. The smallest absolute Gasteiger partial charge is 0.407 e. The van der Waals surface area contributed by atoms with E-state index in [0.29, 0.717) is 0 Å². The molecule has 1 unspecified atom stereocenters. The average Bonchev–Trinajstić information content (AvgIpc) is 2.96. The van der Waals surface area contributed by atoms with Crippen molar-refractivity contribution in [2.45, 2.75) is 58.4 Å². The molecular formula is C23H29NO2. The van der Waals surface area contributed by atoms with Gasteiger partial charge >= 0.3 is 6.09 Å². The maximum absolute atomic E-state index is 11.7. The summed E-state index contributed by atoms with van der Waals surface area (Å²) < 4.78 is 0. The lowest BCUT2D eigenvalue weighted by Crippen LogP contribution is -2.29. The van der Waals surface area contributed by atoms with Gasteiger partial charge in [-0.25, -0.2) is 4.79 Å². The highest BCUT2D eigenvalue weighted by atomic mass is 16.4. The highest BCUT2D eigenvalue weighted by molar-refractivity contribution is 5.81. The number of carboxylic acid groups (broad SMARTS) is 1. The van der Waals surface area contributed by atoms with Crippen molar-refractivity contribution in [1.29, 1.82) is 0 Å². The topological polar surface area (TPSA) is 40.5 Å². The number of carbonyl (C=O) groups is 1. The van der Waals surface area contributed by atoms with Gasteiger partial charge in [0.2, 0.25) is 0 Å². The van der Waals surface area contributed by atoms with Crippen molar-refractivity contribution in [2.75, 3.05) is 7.05 Å². The molecule has 26 heavy (non-hydrogen) atoms. The SMILES string of the molecule is CCCCc1ccc2c(c1)-c1ccc(CCCC)cc1C2N(C)C(=O)O. The quantitative estimate of drug-likeness (QED) is 0.659. The summed E-state index contributed by atoms with van der Waals surface area (Å²) in [6.07, 6.45) is 5.92. The summed E-state index contributed by atoms with van der Waals surface area (Å²) in [5.41, 5.74) is 7.27. The molecule has 0 radical (unpaired) electrons. The zero-order chi connectivity index (χ0) is 18.7. The maximum atomic E-state index is 11.7. The molecule has 138 valence electrons. The van der Waals surface area contributed by atoms with Crippen LogP contribution in [0.5, 0.6) is 0 Å². The van der Waals surface area contributed by atoms with Crippen LogP contribution in [0.15, 0.2) is 36.4 Å². The van der Waals surface area contributed by atoms with Crippen LogP contribution in [0.3, 0.4) is 0 Å². The van der Waals surface area contributed by atoms with Crippen LogP contribution in [0, 0.1) is 0 Å². The van der Waals surface area contributed by atoms with E-state index in [4.69, 9.17) is 0 Å². The Kier molecular flexibility index (Phi) is 5.65. The van der Waals surface area contributed by atoms with Gasteiger partial charge in [-0.3, -0.25) is 0 Å². The number of rotatable bonds is 7. The van der Waals surface area contributed by atoms with Crippen LogP contribution in [0.2, 0.25) is 0 Å². The van der Waals surface area contributed by atoms with E-state index in [1.54, 1.807) is 7.05 Å². The molecule has 3 heteroatoms. The van der Waals surface area contributed by atoms with Gasteiger partial charge in [-0.15, -0.1) is 0 Å². The van der Waals surface area contributed by atoms with E-state index in [9.17, 15) is 9.90 Å². The summed E-state index contributed by atoms with van der Waals surface area (Å²) in [6, 6.07) is 13.0. The monoisotopic (exact) mass is 351 g/mol. The summed E-state index contributed by atoms with van der Waals surface area (Å²) >= 11 is 0. The van der Waals surface area contributed by atoms with Crippen LogP contribution in [-0.4, -0.2) is 23.1 Å². The summed E-state index contributed by atoms with van der Waals surface area (Å²) in [5, 5.41) is 9.60. The molecule has 1 aliphatic carbocycles. The Bertz CT molecular complexity index is 797. The fourth-order valence-corrected chi connectivity index (χ4v) is 3.93. The Morgan fingerprint density at radius 2 is 1.54 bits per heavy atom. The number of hydrogen-bond acceptors (Lipinski definition) is 1. The molecule has 0 fully saturated rings. The first kappa shape index (κ1) is 18.5. The van der Waals surface area contributed by atoms with E-state index in [2.05, 4.69) is 50.2 Å². The van der Waals surface area contributed by atoms with Crippen molar-refractivity contribution in [3.05, 3.63) is 58.7 Å². The van der Waals surface area contributed by atoms with Gasteiger partial charge < -0.3 is 10.0 Å². The summed E-state index contributed by atoms with van der Waals surface area (Å²) in [6.45, 7) is 4.40. The normalized spacial score (nSPS) is 14.8. The van der Waals surface area contributed by atoms with Crippen molar-refractivity contribution in [2.24, 2.45) is 0 Å². The Morgan fingerprint density at radius 3 is 2.15 bits per heavy atom. The first-order valence-electron chi connectivity index (χ1n) is 9.78. The molecule has 0 saturated heterocycles. The lowest BCUT2D eigenvalue weighted by Gasteiger charge is -2.24. The molecule has 0 heterocycles. The molecule has 1 aliphatic rings. The highest BCUT2D eigenvalue weighted by Gasteiger charge is 2.33. The third-order valence-corrected chi connectivity index (χ3v) is 5.44. The Balaban J connectivity index is 2.06. The fraction of sp³-hybridized carbons (Fsp3) is 0.435. The lowest BCUT2D eigenvalue weighted by atomic mass is 9.98.